The maximum absolute atomic E-state index is 12.8. The average molecular weight is 318 g/mol. The molecule has 106 valence electrons. The summed E-state index contributed by atoms with van der Waals surface area (Å²) in [6, 6.07) is 0.391. The van der Waals surface area contributed by atoms with Gasteiger partial charge >= 0.3 is 0 Å². The lowest BCUT2D eigenvalue weighted by Crippen LogP contribution is -2.42. The first-order valence-electron chi connectivity index (χ1n) is 7.12. The van der Waals surface area contributed by atoms with Crippen LogP contribution in [0, 0.1) is 16.7 Å². The van der Waals surface area contributed by atoms with Crippen molar-refractivity contribution in [2.75, 3.05) is 11.9 Å². The molecule has 0 spiro atoms. The Morgan fingerprint density at radius 3 is 1.89 bits per heavy atom. The van der Waals surface area contributed by atoms with Crippen LogP contribution >= 0.6 is 15.9 Å². The molecule has 0 heterocycles. The van der Waals surface area contributed by atoms with Gasteiger partial charge in [0.1, 0.15) is 0 Å². The van der Waals surface area contributed by atoms with Gasteiger partial charge in [0, 0.05) is 23.8 Å². The van der Waals surface area contributed by atoms with Crippen molar-refractivity contribution in [3.63, 3.8) is 0 Å². The summed E-state index contributed by atoms with van der Waals surface area (Å²) >= 11 is 3.48. The second-order valence-corrected chi connectivity index (χ2v) is 7.36. The SMILES string of the molecule is CCC(CC)N(CCBr)C(=O)C1C(C)(C)C1(C)C. The monoisotopic (exact) mass is 317 g/mol. The minimum Gasteiger partial charge on any atom is -0.339 e. The van der Waals surface area contributed by atoms with Gasteiger partial charge in [0.25, 0.3) is 0 Å². The third-order valence-electron chi connectivity index (χ3n) is 5.26. The molecule has 1 fully saturated rings. The molecule has 0 aliphatic heterocycles. The topological polar surface area (TPSA) is 20.3 Å². The van der Waals surface area contributed by atoms with Crippen LogP contribution in [0.15, 0.2) is 0 Å². The van der Waals surface area contributed by atoms with Crippen LogP contribution in [-0.2, 0) is 4.79 Å². The minimum atomic E-state index is 0.140. The molecule has 1 saturated carbocycles. The zero-order chi connectivity index (χ0) is 14.1. The largest absolute Gasteiger partial charge is 0.339 e. The number of amides is 1. The molecule has 0 bridgehead atoms. The van der Waals surface area contributed by atoms with Gasteiger partial charge in [0.15, 0.2) is 0 Å². The molecule has 1 amide bonds. The van der Waals surface area contributed by atoms with E-state index in [1.807, 2.05) is 0 Å². The number of carbonyl (C=O) groups excluding carboxylic acids is 1. The number of nitrogens with zero attached hydrogens (tertiary/aromatic N) is 1. The van der Waals surface area contributed by atoms with Gasteiger partial charge in [0.05, 0.1) is 0 Å². The van der Waals surface area contributed by atoms with E-state index in [0.717, 1.165) is 24.7 Å². The van der Waals surface area contributed by atoms with Crippen molar-refractivity contribution in [1.29, 1.82) is 0 Å². The van der Waals surface area contributed by atoms with Gasteiger partial charge in [-0.1, -0.05) is 57.5 Å². The Bertz CT molecular complexity index is 294. The highest BCUT2D eigenvalue weighted by Crippen LogP contribution is 2.68. The molecule has 0 unspecified atom stereocenters. The maximum atomic E-state index is 12.8. The van der Waals surface area contributed by atoms with E-state index >= 15 is 0 Å². The lowest BCUT2D eigenvalue weighted by atomic mass is 10.0. The lowest BCUT2D eigenvalue weighted by molar-refractivity contribution is -0.136. The first-order chi connectivity index (χ1) is 8.25. The molecule has 3 heteroatoms. The van der Waals surface area contributed by atoms with Gasteiger partial charge in [-0.2, -0.15) is 0 Å². The highest BCUT2D eigenvalue weighted by molar-refractivity contribution is 9.09. The van der Waals surface area contributed by atoms with Gasteiger partial charge in [-0.05, 0) is 23.7 Å². The first-order valence-corrected chi connectivity index (χ1v) is 8.24. The number of hydrogen-bond donors (Lipinski definition) is 0. The van der Waals surface area contributed by atoms with Gasteiger partial charge in [-0.3, -0.25) is 4.79 Å². The molecule has 0 aromatic heterocycles. The molecular formula is C15H28BrNO. The first kappa shape index (κ1) is 16.0. The van der Waals surface area contributed by atoms with E-state index in [0.29, 0.717) is 11.9 Å². The Hall–Kier alpha value is -0.0500. The molecular weight excluding hydrogens is 290 g/mol. The van der Waals surface area contributed by atoms with Crippen LogP contribution in [0.4, 0.5) is 0 Å². The Morgan fingerprint density at radius 2 is 1.61 bits per heavy atom. The van der Waals surface area contributed by atoms with Crippen LogP contribution in [-0.4, -0.2) is 28.7 Å². The molecule has 0 atom stereocenters. The van der Waals surface area contributed by atoms with Crippen LogP contribution in [0.5, 0.6) is 0 Å². The summed E-state index contributed by atoms with van der Waals surface area (Å²) in [6.45, 7) is 14.0. The van der Waals surface area contributed by atoms with Gasteiger partial charge in [0.2, 0.25) is 5.91 Å². The van der Waals surface area contributed by atoms with E-state index in [9.17, 15) is 4.79 Å². The highest BCUT2D eigenvalue weighted by Gasteiger charge is 2.68. The fourth-order valence-corrected chi connectivity index (χ4v) is 3.65. The number of alkyl halides is 1. The van der Waals surface area contributed by atoms with E-state index < -0.39 is 0 Å². The third kappa shape index (κ3) is 2.48. The van der Waals surface area contributed by atoms with Gasteiger partial charge in [-0.15, -0.1) is 0 Å². The van der Waals surface area contributed by atoms with Crippen LogP contribution in [0.25, 0.3) is 0 Å². The van der Waals surface area contributed by atoms with Crippen LogP contribution in [0.2, 0.25) is 0 Å². The quantitative estimate of drug-likeness (QED) is 0.676. The average Bonchev–Trinajstić information content (AvgIpc) is 2.69. The number of halogens is 1. The normalized spacial score (nSPS) is 21.1. The van der Waals surface area contributed by atoms with Crippen molar-refractivity contribution < 1.29 is 4.79 Å². The Balaban J connectivity index is 2.86. The van der Waals surface area contributed by atoms with E-state index in [-0.39, 0.29) is 16.7 Å². The maximum Gasteiger partial charge on any atom is 0.227 e. The second kappa shape index (κ2) is 5.52. The molecule has 1 rings (SSSR count). The van der Waals surface area contributed by atoms with Crippen LogP contribution < -0.4 is 0 Å². The zero-order valence-electron chi connectivity index (χ0n) is 12.7. The molecule has 0 aromatic carbocycles. The van der Waals surface area contributed by atoms with Crippen molar-refractivity contribution in [2.24, 2.45) is 16.7 Å². The Morgan fingerprint density at radius 1 is 1.17 bits per heavy atom. The number of rotatable bonds is 6. The van der Waals surface area contributed by atoms with Gasteiger partial charge < -0.3 is 4.90 Å². The fourth-order valence-electron chi connectivity index (χ4n) is 3.27. The lowest BCUT2D eigenvalue weighted by Gasteiger charge is -2.31. The smallest absolute Gasteiger partial charge is 0.227 e. The molecule has 1 aliphatic rings. The molecule has 18 heavy (non-hydrogen) atoms. The van der Waals surface area contributed by atoms with Crippen molar-refractivity contribution >= 4 is 21.8 Å². The molecule has 1 aliphatic carbocycles. The fraction of sp³-hybridized carbons (Fsp3) is 0.933. The second-order valence-electron chi connectivity index (χ2n) is 6.57. The molecule has 0 radical (unpaired) electrons. The summed E-state index contributed by atoms with van der Waals surface area (Å²) < 4.78 is 0. The van der Waals surface area contributed by atoms with Crippen molar-refractivity contribution in [2.45, 2.75) is 60.4 Å². The van der Waals surface area contributed by atoms with Crippen molar-refractivity contribution in [3.05, 3.63) is 0 Å². The molecule has 0 N–H and O–H groups in total. The molecule has 0 saturated heterocycles. The summed E-state index contributed by atoms with van der Waals surface area (Å²) in [5.41, 5.74) is 0.279. The summed E-state index contributed by atoms with van der Waals surface area (Å²) in [5.74, 6) is 0.544. The van der Waals surface area contributed by atoms with E-state index in [4.69, 9.17) is 0 Å². The van der Waals surface area contributed by atoms with Crippen molar-refractivity contribution in [1.82, 2.24) is 4.90 Å². The zero-order valence-corrected chi connectivity index (χ0v) is 14.3. The van der Waals surface area contributed by atoms with Crippen LogP contribution in [0.1, 0.15) is 54.4 Å². The minimum absolute atomic E-state index is 0.140. The third-order valence-corrected chi connectivity index (χ3v) is 5.61. The molecule has 2 nitrogen and oxygen atoms in total. The predicted molar refractivity (Wildman–Crippen MR) is 80.9 cm³/mol. The van der Waals surface area contributed by atoms with E-state index in [2.05, 4.69) is 62.4 Å². The Labute approximate surface area is 121 Å². The summed E-state index contributed by atoms with van der Waals surface area (Å²) in [7, 11) is 0. The predicted octanol–water partition coefficient (Wildman–Crippen LogP) is 4.08. The van der Waals surface area contributed by atoms with Gasteiger partial charge in [-0.25, -0.2) is 0 Å². The summed E-state index contributed by atoms with van der Waals surface area (Å²) in [4.78, 5) is 14.9. The van der Waals surface area contributed by atoms with E-state index in [1.165, 1.54) is 0 Å². The summed E-state index contributed by atoms with van der Waals surface area (Å²) in [5, 5.41) is 0.864. The number of carbonyl (C=O) groups is 1. The standard InChI is InChI=1S/C15H28BrNO/c1-7-11(8-2)17(10-9-16)13(18)12-14(3,4)15(12,5)6/h11-12H,7-10H2,1-6H3. The molecule has 0 aromatic rings. The van der Waals surface area contributed by atoms with Crippen molar-refractivity contribution in [3.8, 4) is 0 Å². The van der Waals surface area contributed by atoms with Crippen LogP contribution in [0.3, 0.4) is 0 Å². The van der Waals surface area contributed by atoms with E-state index in [1.54, 1.807) is 0 Å². The number of hydrogen-bond acceptors (Lipinski definition) is 1. The highest BCUT2D eigenvalue weighted by atomic mass is 79.9. The Kier molecular flexibility index (Phi) is 4.91. The summed E-state index contributed by atoms with van der Waals surface area (Å²) in [6.07, 6.45) is 2.09.